The Morgan fingerprint density at radius 2 is 1.56 bits per heavy atom. The number of aliphatic hydroxyl groups is 1. The van der Waals surface area contributed by atoms with Gasteiger partial charge in [-0.3, -0.25) is 0 Å². The van der Waals surface area contributed by atoms with Gasteiger partial charge in [-0.2, -0.15) is 0 Å². The molecule has 0 aliphatic rings. The molecule has 1 aromatic carbocycles. The molecule has 0 saturated heterocycles. The fourth-order valence-electron chi connectivity index (χ4n) is 4.44. The van der Waals surface area contributed by atoms with E-state index in [4.69, 9.17) is 4.74 Å². The van der Waals surface area contributed by atoms with E-state index in [-0.39, 0.29) is 23.8 Å². The van der Waals surface area contributed by atoms with Gasteiger partial charge in [0.15, 0.2) is 0 Å². The van der Waals surface area contributed by atoms with Crippen LogP contribution in [0.25, 0.3) is 0 Å². The standard InChI is InChI=1S/C25H44NO5P/c1-5-8-15-32(16-9-6-2,17-10-7-3)18-11-14-31-25(28)22-12-13-23(21(4)20-27)24(19-22)26(29)30/h12-13,19,21,27,32H,5-11,14-18,20H2,1-4H3. The number of nitro groups is 1. The van der Waals surface area contributed by atoms with Gasteiger partial charge in [0, 0.05) is 0 Å². The Hall–Kier alpha value is -1.52. The maximum absolute atomic E-state index is 12.5. The van der Waals surface area contributed by atoms with Crippen molar-refractivity contribution in [1.29, 1.82) is 0 Å². The third-order valence-corrected chi connectivity index (χ3v) is 12.2. The van der Waals surface area contributed by atoms with Crippen LogP contribution in [-0.2, 0) is 4.74 Å². The van der Waals surface area contributed by atoms with E-state index in [1.54, 1.807) is 19.1 Å². The van der Waals surface area contributed by atoms with Crippen LogP contribution in [0.2, 0.25) is 0 Å². The number of carbonyl (C=O) groups excluding carboxylic acids is 1. The summed E-state index contributed by atoms with van der Waals surface area (Å²) >= 11 is 0. The van der Waals surface area contributed by atoms with Crippen molar-refractivity contribution in [3.8, 4) is 0 Å². The molecule has 1 unspecified atom stereocenters. The zero-order chi connectivity index (χ0) is 24.0. The van der Waals surface area contributed by atoms with Gasteiger partial charge in [0.2, 0.25) is 0 Å². The summed E-state index contributed by atoms with van der Waals surface area (Å²) < 4.78 is 5.51. The van der Waals surface area contributed by atoms with Gasteiger partial charge in [0.05, 0.1) is 0 Å². The molecule has 1 atom stereocenters. The minimum absolute atomic E-state index is 0.147. The second kappa shape index (κ2) is 15.3. The first kappa shape index (κ1) is 28.5. The Kier molecular flexibility index (Phi) is 13.7. The SMILES string of the molecule is CCCC[PH](CCCC)(CCCC)CCCOC(=O)c1ccc(C(C)CO)c([N+](=O)[O-])c1. The molecule has 1 N–H and O–H groups in total. The average molecular weight is 470 g/mol. The predicted octanol–water partition coefficient (Wildman–Crippen LogP) is 6.39. The summed E-state index contributed by atoms with van der Waals surface area (Å²) in [5.74, 6) is -0.882. The van der Waals surface area contributed by atoms with E-state index < -0.39 is 18.2 Å². The number of hydrogen-bond donors (Lipinski definition) is 1. The van der Waals surface area contributed by atoms with Crippen LogP contribution >= 0.6 is 7.26 Å². The van der Waals surface area contributed by atoms with Crippen LogP contribution < -0.4 is 0 Å². The maximum atomic E-state index is 12.5. The predicted molar refractivity (Wildman–Crippen MR) is 136 cm³/mol. The van der Waals surface area contributed by atoms with Crippen molar-refractivity contribution in [3.63, 3.8) is 0 Å². The zero-order valence-electron chi connectivity index (χ0n) is 20.5. The second-order valence-electron chi connectivity index (χ2n) is 9.16. The van der Waals surface area contributed by atoms with E-state index in [1.165, 1.54) is 69.2 Å². The summed E-state index contributed by atoms with van der Waals surface area (Å²) in [5.41, 5.74) is 0.468. The Morgan fingerprint density at radius 1 is 1.03 bits per heavy atom. The molecule has 1 aromatic rings. The molecule has 0 aliphatic carbocycles. The van der Waals surface area contributed by atoms with Gasteiger partial charge in [0.25, 0.3) is 0 Å². The third kappa shape index (κ3) is 9.15. The topological polar surface area (TPSA) is 89.7 Å². The van der Waals surface area contributed by atoms with Crippen molar-refractivity contribution >= 4 is 18.9 Å². The molecule has 0 radical (unpaired) electrons. The molecule has 32 heavy (non-hydrogen) atoms. The fraction of sp³-hybridized carbons (Fsp3) is 0.720. The third-order valence-electron chi connectivity index (χ3n) is 6.53. The Balaban J connectivity index is 2.78. The fourth-order valence-corrected chi connectivity index (χ4v) is 10.1. The van der Waals surface area contributed by atoms with Crippen molar-refractivity contribution in [2.24, 2.45) is 0 Å². The van der Waals surface area contributed by atoms with E-state index in [0.29, 0.717) is 12.2 Å². The summed E-state index contributed by atoms with van der Waals surface area (Å²) in [6.45, 7) is 8.65. The van der Waals surface area contributed by atoms with Crippen LogP contribution in [0, 0.1) is 10.1 Å². The number of aliphatic hydroxyl groups excluding tert-OH is 1. The molecule has 0 aliphatic heterocycles. The number of nitrogens with zero attached hydrogens (tertiary/aromatic N) is 1. The van der Waals surface area contributed by atoms with Crippen LogP contribution in [0.5, 0.6) is 0 Å². The first-order chi connectivity index (χ1) is 15.3. The van der Waals surface area contributed by atoms with Crippen LogP contribution in [0.3, 0.4) is 0 Å². The quantitative estimate of drug-likeness (QED) is 0.0939. The molecule has 184 valence electrons. The monoisotopic (exact) mass is 469 g/mol. The number of carbonyl (C=O) groups is 1. The first-order valence-electron chi connectivity index (χ1n) is 12.4. The first-order valence-corrected chi connectivity index (χ1v) is 15.2. The number of ether oxygens (including phenoxy) is 1. The van der Waals surface area contributed by atoms with Crippen molar-refractivity contribution in [1.82, 2.24) is 0 Å². The minimum atomic E-state index is -1.36. The van der Waals surface area contributed by atoms with Gasteiger partial charge < -0.3 is 0 Å². The van der Waals surface area contributed by atoms with Crippen molar-refractivity contribution in [2.75, 3.05) is 37.9 Å². The molecule has 1 rings (SSSR count). The summed E-state index contributed by atoms with van der Waals surface area (Å²) in [6, 6.07) is 4.38. The summed E-state index contributed by atoms with van der Waals surface area (Å²) in [4.78, 5) is 23.4. The van der Waals surface area contributed by atoms with Crippen molar-refractivity contribution in [3.05, 3.63) is 39.4 Å². The number of esters is 1. The van der Waals surface area contributed by atoms with Crippen molar-refractivity contribution in [2.45, 2.75) is 78.6 Å². The average Bonchev–Trinajstić information content (AvgIpc) is 2.81. The zero-order valence-corrected chi connectivity index (χ0v) is 21.5. The molecule has 0 heterocycles. The van der Waals surface area contributed by atoms with Gasteiger partial charge in [0.1, 0.15) is 0 Å². The van der Waals surface area contributed by atoms with Gasteiger partial charge >= 0.3 is 194 Å². The van der Waals surface area contributed by atoms with Crippen LogP contribution in [0.1, 0.15) is 94.5 Å². The molecule has 0 spiro atoms. The van der Waals surface area contributed by atoms with Crippen LogP contribution in [-0.4, -0.2) is 53.9 Å². The molecular weight excluding hydrogens is 425 g/mol. The Bertz CT molecular complexity index is 688. The van der Waals surface area contributed by atoms with Gasteiger partial charge in [-0.1, -0.05) is 0 Å². The molecule has 0 bridgehead atoms. The van der Waals surface area contributed by atoms with E-state index >= 15 is 0 Å². The molecule has 7 heteroatoms. The molecule has 0 saturated carbocycles. The molecular formula is C25H44NO5P. The molecule has 0 fully saturated rings. The van der Waals surface area contributed by atoms with E-state index in [0.717, 1.165) is 6.42 Å². The summed E-state index contributed by atoms with van der Waals surface area (Å²) in [7, 11) is -1.36. The summed E-state index contributed by atoms with van der Waals surface area (Å²) in [6.07, 6.45) is 13.7. The van der Waals surface area contributed by atoms with E-state index in [1.807, 2.05) is 0 Å². The molecule has 6 nitrogen and oxygen atoms in total. The Labute approximate surface area is 194 Å². The summed E-state index contributed by atoms with van der Waals surface area (Å²) in [5, 5.41) is 20.8. The number of hydrogen-bond acceptors (Lipinski definition) is 5. The number of nitro benzene ring substituents is 1. The number of benzene rings is 1. The molecule has 0 amide bonds. The molecule has 0 aromatic heterocycles. The Morgan fingerprint density at radius 3 is 2.03 bits per heavy atom. The van der Waals surface area contributed by atoms with Crippen LogP contribution in [0.15, 0.2) is 18.2 Å². The van der Waals surface area contributed by atoms with Crippen LogP contribution in [0.4, 0.5) is 5.69 Å². The number of unbranched alkanes of at least 4 members (excludes halogenated alkanes) is 3. The normalized spacial score (nSPS) is 13.0. The van der Waals surface area contributed by atoms with E-state index in [9.17, 15) is 20.0 Å². The second-order valence-corrected chi connectivity index (χ2v) is 14.2. The van der Waals surface area contributed by atoms with Gasteiger partial charge in [-0.25, -0.2) is 0 Å². The van der Waals surface area contributed by atoms with Crippen molar-refractivity contribution < 1.29 is 19.6 Å². The van der Waals surface area contributed by atoms with Gasteiger partial charge in [-0.15, -0.1) is 0 Å². The number of rotatable bonds is 17. The van der Waals surface area contributed by atoms with E-state index in [2.05, 4.69) is 20.8 Å². The van der Waals surface area contributed by atoms with Gasteiger partial charge in [-0.05, 0) is 0 Å².